The monoisotopic (exact) mass is 429 g/mol. The summed E-state index contributed by atoms with van der Waals surface area (Å²) in [4.78, 5) is 29.9. The number of ether oxygens (including phenoxy) is 3. The molecule has 0 fully saturated rings. The topological polar surface area (TPSA) is 98.8 Å². The quantitative estimate of drug-likeness (QED) is 0.446. The van der Waals surface area contributed by atoms with Crippen molar-refractivity contribution in [3.63, 3.8) is 0 Å². The maximum atomic E-state index is 12.8. The molecule has 1 aliphatic rings. The maximum Gasteiger partial charge on any atom is 0.341 e. The molecule has 8 heteroatoms. The molecule has 2 N–H and O–H groups in total. The number of nitrogens with zero attached hydrogens (tertiary/aromatic N) is 1. The van der Waals surface area contributed by atoms with Gasteiger partial charge in [-0.05, 0) is 30.5 Å². The minimum Gasteiger partial charge on any atom is -0.462 e. The van der Waals surface area contributed by atoms with Gasteiger partial charge in [-0.2, -0.15) is 0 Å². The molecule has 32 heavy (non-hydrogen) atoms. The number of nitrogens with one attached hydrogen (secondary N) is 2. The van der Waals surface area contributed by atoms with Crippen molar-refractivity contribution in [3.05, 3.63) is 66.2 Å². The van der Waals surface area contributed by atoms with Gasteiger partial charge in [0.2, 0.25) is 6.79 Å². The van der Waals surface area contributed by atoms with Gasteiger partial charge in [-0.1, -0.05) is 36.4 Å². The molecule has 0 radical (unpaired) electrons. The molecule has 0 spiro atoms. The molecule has 3 aromatic carbocycles. The van der Waals surface area contributed by atoms with E-state index in [9.17, 15) is 9.59 Å². The van der Waals surface area contributed by atoms with Gasteiger partial charge in [-0.25, -0.2) is 14.6 Å². The molecular weight excluding hydrogens is 410 g/mol. The van der Waals surface area contributed by atoms with Crippen LogP contribution in [0.3, 0.4) is 0 Å². The van der Waals surface area contributed by atoms with Crippen LogP contribution >= 0.6 is 0 Å². The van der Waals surface area contributed by atoms with Crippen LogP contribution in [0, 0.1) is 0 Å². The average Bonchev–Trinajstić information content (AvgIpc) is 3.25. The lowest BCUT2D eigenvalue weighted by Crippen LogP contribution is -2.22. The Morgan fingerprint density at radius 2 is 1.75 bits per heavy atom. The molecule has 5 rings (SSSR count). The van der Waals surface area contributed by atoms with Crippen molar-refractivity contribution in [1.82, 2.24) is 4.98 Å². The Labute approximate surface area is 183 Å². The number of anilines is 2. The molecule has 0 aliphatic carbocycles. The second-order valence-corrected chi connectivity index (χ2v) is 7.11. The van der Waals surface area contributed by atoms with Gasteiger partial charge < -0.3 is 19.5 Å². The Hall–Kier alpha value is -4.33. The fourth-order valence-electron chi connectivity index (χ4n) is 3.62. The van der Waals surface area contributed by atoms with Gasteiger partial charge in [-0.15, -0.1) is 0 Å². The zero-order valence-electron chi connectivity index (χ0n) is 17.2. The highest BCUT2D eigenvalue weighted by Crippen LogP contribution is 2.36. The number of carbonyl (C=O) groups excluding carboxylic acids is 2. The van der Waals surface area contributed by atoms with E-state index in [2.05, 4.69) is 15.6 Å². The van der Waals surface area contributed by atoms with Crippen LogP contribution in [0.5, 0.6) is 11.5 Å². The lowest BCUT2D eigenvalue weighted by Gasteiger charge is -2.13. The molecule has 2 heterocycles. The lowest BCUT2D eigenvalue weighted by molar-refractivity contribution is 0.0527. The van der Waals surface area contributed by atoms with Crippen molar-refractivity contribution in [2.75, 3.05) is 24.0 Å². The molecular formula is C24H19N3O5. The molecule has 0 unspecified atom stereocenters. The highest BCUT2D eigenvalue weighted by atomic mass is 16.7. The maximum absolute atomic E-state index is 12.8. The second kappa shape index (κ2) is 8.07. The first-order valence-electron chi connectivity index (χ1n) is 10.1. The molecule has 0 atom stereocenters. The predicted molar refractivity (Wildman–Crippen MR) is 120 cm³/mol. The van der Waals surface area contributed by atoms with E-state index in [1.165, 1.54) is 0 Å². The highest BCUT2D eigenvalue weighted by molar-refractivity contribution is 6.09. The van der Waals surface area contributed by atoms with E-state index < -0.39 is 12.0 Å². The normalized spacial score (nSPS) is 12.0. The minimum atomic E-state index is -0.583. The van der Waals surface area contributed by atoms with E-state index in [4.69, 9.17) is 14.2 Å². The molecule has 0 bridgehead atoms. The Morgan fingerprint density at radius 3 is 2.59 bits per heavy atom. The first-order valence-corrected chi connectivity index (χ1v) is 10.1. The third-order valence-electron chi connectivity index (χ3n) is 5.07. The standard InChI is InChI=1S/C24H19N3O5/c1-2-30-23(28)17-10-15-11-20-21(32-13-31-20)12-19(15)25-22(17)27-24(29)26-18-9-5-7-14-6-3-4-8-16(14)18/h3-12H,2,13H2,1H3,(H2,25,26,27,29). The Bertz CT molecular complexity index is 1360. The van der Waals surface area contributed by atoms with Gasteiger partial charge >= 0.3 is 12.0 Å². The summed E-state index contributed by atoms with van der Waals surface area (Å²) >= 11 is 0. The van der Waals surface area contributed by atoms with Crippen LogP contribution in [0.15, 0.2) is 60.7 Å². The zero-order chi connectivity index (χ0) is 22.1. The van der Waals surface area contributed by atoms with E-state index in [-0.39, 0.29) is 24.8 Å². The van der Waals surface area contributed by atoms with Gasteiger partial charge in [0.1, 0.15) is 11.4 Å². The number of carbonyl (C=O) groups is 2. The third-order valence-corrected chi connectivity index (χ3v) is 5.07. The predicted octanol–water partition coefficient (Wildman–Crippen LogP) is 4.94. The second-order valence-electron chi connectivity index (χ2n) is 7.11. The molecule has 0 saturated carbocycles. The summed E-state index contributed by atoms with van der Waals surface area (Å²) < 4.78 is 16.0. The number of hydrogen-bond donors (Lipinski definition) is 2. The van der Waals surface area contributed by atoms with Gasteiger partial charge in [-0.3, -0.25) is 5.32 Å². The van der Waals surface area contributed by atoms with Crippen LogP contribution in [0.2, 0.25) is 0 Å². The fourth-order valence-corrected chi connectivity index (χ4v) is 3.62. The van der Waals surface area contributed by atoms with E-state index in [0.29, 0.717) is 28.1 Å². The van der Waals surface area contributed by atoms with Crippen molar-refractivity contribution >= 4 is 45.2 Å². The molecule has 0 saturated heterocycles. The first-order chi connectivity index (χ1) is 15.6. The highest BCUT2D eigenvalue weighted by Gasteiger charge is 2.21. The Kier molecular flexibility index (Phi) is 4.95. The first kappa shape index (κ1) is 19.6. The van der Waals surface area contributed by atoms with Crippen molar-refractivity contribution < 1.29 is 23.8 Å². The number of pyridine rings is 1. The average molecular weight is 429 g/mol. The van der Waals surface area contributed by atoms with Crippen LogP contribution in [0.4, 0.5) is 16.3 Å². The Balaban J connectivity index is 1.50. The molecule has 1 aromatic heterocycles. The zero-order valence-corrected chi connectivity index (χ0v) is 17.2. The van der Waals surface area contributed by atoms with Crippen LogP contribution < -0.4 is 20.1 Å². The summed E-state index contributed by atoms with van der Waals surface area (Å²) in [5.41, 5.74) is 1.33. The van der Waals surface area contributed by atoms with Crippen LogP contribution in [-0.2, 0) is 4.74 Å². The number of amides is 2. The molecule has 2 amide bonds. The van der Waals surface area contributed by atoms with Gasteiger partial charge in [0.05, 0.1) is 17.8 Å². The number of urea groups is 1. The number of rotatable bonds is 4. The van der Waals surface area contributed by atoms with Crippen molar-refractivity contribution in [3.8, 4) is 11.5 Å². The minimum absolute atomic E-state index is 0.0903. The van der Waals surface area contributed by atoms with E-state index in [0.717, 1.165) is 10.8 Å². The summed E-state index contributed by atoms with van der Waals surface area (Å²) in [5.74, 6) is 0.635. The van der Waals surface area contributed by atoms with Crippen molar-refractivity contribution in [2.45, 2.75) is 6.92 Å². The molecule has 1 aliphatic heterocycles. The summed E-state index contributed by atoms with van der Waals surface area (Å²) in [5, 5.41) is 8.08. The molecule has 8 nitrogen and oxygen atoms in total. The summed E-state index contributed by atoms with van der Waals surface area (Å²) in [6, 6.07) is 17.9. The summed E-state index contributed by atoms with van der Waals surface area (Å²) in [6.07, 6.45) is 0. The SMILES string of the molecule is CCOC(=O)c1cc2cc3c(cc2nc1NC(=O)Nc1cccc2ccccc12)OCO3. The van der Waals surface area contributed by atoms with Gasteiger partial charge in [0.15, 0.2) is 11.5 Å². The van der Waals surface area contributed by atoms with Gasteiger partial charge in [0, 0.05) is 16.8 Å². The summed E-state index contributed by atoms with van der Waals surface area (Å²) in [7, 11) is 0. The number of esters is 1. The lowest BCUT2D eigenvalue weighted by atomic mass is 10.1. The number of benzene rings is 3. The number of fused-ring (bicyclic) bond motifs is 3. The van der Waals surface area contributed by atoms with Crippen LogP contribution in [0.1, 0.15) is 17.3 Å². The largest absolute Gasteiger partial charge is 0.462 e. The van der Waals surface area contributed by atoms with Gasteiger partial charge in [0.25, 0.3) is 0 Å². The van der Waals surface area contributed by atoms with Crippen molar-refractivity contribution in [2.24, 2.45) is 0 Å². The smallest absolute Gasteiger partial charge is 0.341 e. The van der Waals surface area contributed by atoms with Crippen LogP contribution in [-0.4, -0.2) is 30.4 Å². The number of aromatic nitrogens is 1. The van der Waals surface area contributed by atoms with E-state index >= 15 is 0 Å². The number of hydrogen-bond acceptors (Lipinski definition) is 6. The molecule has 160 valence electrons. The van der Waals surface area contributed by atoms with Crippen molar-refractivity contribution in [1.29, 1.82) is 0 Å². The third kappa shape index (κ3) is 3.62. The summed E-state index contributed by atoms with van der Waals surface area (Å²) in [6.45, 7) is 2.03. The molecule has 4 aromatic rings. The van der Waals surface area contributed by atoms with E-state index in [1.807, 2.05) is 42.5 Å². The Morgan fingerprint density at radius 1 is 0.969 bits per heavy atom. The fraction of sp³-hybridized carbons (Fsp3) is 0.125. The van der Waals surface area contributed by atoms with Crippen LogP contribution in [0.25, 0.3) is 21.7 Å². The van der Waals surface area contributed by atoms with E-state index in [1.54, 1.807) is 25.1 Å².